The molecule has 15 heavy (non-hydrogen) atoms. The Morgan fingerprint density at radius 1 is 1.33 bits per heavy atom. The van der Waals surface area contributed by atoms with Gasteiger partial charge in [0, 0.05) is 11.6 Å². The lowest BCUT2D eigenvalue weighted by atomic mass is 9.95. The highest BCUT2D eigenvalue weighted by atomic mass is 35.5. The van der Waals surface area contributed by atoms with Crippen molar-refractivity contribution in [3.05, 3.63) is 29.8 Å². The second-order valence-corrected chi connectivity index (χ2v) is 4.60. The van der Waals surface area contributed by atoms with Crippen molar-refractivity contribution in [1.29, 1.82) is 0 Å². The second-order valence-electron chi connectivity index (χ2n) is 4.34. The molecule has 1 rings (SSSR count). The van der Waals surface area contributed by atoms with Crippen molar-refractivity contribution in [2.24, 2.45) is 5.41 Å². The van der Waals surface area contributed by atoms with Gasteiger partial charge in [0.05, 0.1) is 5.41 Å². The van der Waals surface area contributed by atoms with Gasteiger partial charge in [0.15, 0.2) is 0 Å². The van der Waals surface area contributed by atoms with E-state index in [1.807, 2.05) is 45.0 Å². The second kappa shape index (κ2) is 4.67. The van der Waals surface area contributed by atoms with Crippen molar-refractivity contribution in [1.82, 2.24) is 0 Å². The lowest BCUT2D eigenvalue weighted by Gasteiger charge is -2.20. The quantitative estimate of drug-likeness (QED) is 0.787. The molecule has 0 saturated carbocycles. The van der Waals surface area contributed by atoms with Gasteiger partial charge in [-0.05, 0) is 32.9 Å². The van der Waals surface area contributed by atoms with E-state index in [0.29, 0.717) is 5.88 Å². The van der Waals surface area contributed by atoms with Crippen LogP contribution in [0.4, 0.5) is 5.69 Å². The third-order valence-corrected chi connectivity index (χ3v) is 2.93. The molecule has 3 heteroatoms. The van der Waals surface area contributed by atoms with Gasteiger partial charge in [0.2, 0.25) is 5.91 Å². The third-order valence-electron chi connectivity index (χ3n) is 2.26. The molecule has 0 heterocycles. The minimum Gasteiger partial charge on any atom is -0.326 e. The predicted octanol–water partition coefficient (Wildman–Crippen LogP) is 3.20. The number of anilines is 1. The van der Waals surface area contributed by atoms with E-state index < -0.39 is 5.41 Å². The Labute approximate surface area is 95.6 Å². The molecule has 2 nitrogen and oxygen atoms in total. The van der Waals surface area contributed by atoms with Crippen molar-refractivity contribution in [3.8, 4) is 0 Å². The molecule has 1 amide bonds. The Bertz CT molecular complexity index is 343. The number of nitrogens with one attached hydrogen (secondary N) is 1. The summed E-state index contributed by atoms with van der Waals surface area (Å²) in [6.45, 7) is 5.65. The van der Waals surface area contributed by atoms with Crippen LogP contribution in [-0.2, 0) is 4.79 Å². The molecule has 1 aromatic rings. The summed E-state index contributed by atoms with van der Waals surface area (Å²) in [5.41, 5.74) is 1.44. The molecule has 0 bridgehead atoms. The number of alkyl halides is 1. The molecular weight excluding hydrogens is 210 g/mol. The molecule has 0 aliphatic rings. The van der Waals surface area contributed by atoms with Gasteiger partial charge in [0.25, 0.3) is 0 Å². The molecule has 0 radical (unpaired) electrons. The summed E-state index contributed by atoms with van der Waals surface area (Å²) in [7, 11) is 0. The Morgan fingerprint density at radius 3 is 2.33 bits per heavy atom. The van der Waals surface area contributed by atoms with Crippen LogP contribution in [0.25, 0.3) is 0 Å². The van der Waals surface area contributed by atoms with Crippen LogP contribution < -0.4 is 5.32 Å². The minimum atomic E-state index is -0.535. The lowest BCUT2D eigenvalue weighted by Crippen LogP contribution is -2.32. The monoisotopic (exact) mass is 225 g/mol. The van der Waals surface area contributed by atoms with E-state index in [0.717, 1.165) is 5.69 Å². The SMILES string of the molecule is Cc1ccc(NC(=O)C(C)(C)CCl)cc1. The Kier molecular flexibility index (Phi) is 3.75. The summed E-state index contributed by atoms with van der Waals surface area (Å²) in [5.74, 6) is 0.256. The molecule has 0 aliphatic heterocycles. The van der Waals surface area contributed by atoms with Gasteiger partial charge in [-0.3, -0.25) is 4.79 Å². The number of hydrogen-bond acceptors (Lipinski definition) is 1. The first-order chi connectivity index (χ1) is 6.95. The summed E-state index contributed by atoms with van der Waals surface area (Å²) in [6, 6.07) is 7.70. The maximum absolute atomic E-state index is 11.8. The molecule has 82 valence electrons. The van der Waals surface area contributed by atoms with Crippen LogP contribution in [0.15, 0.2) is 24.3 Å². The fraction of sp³-hybridized carbons (Fsp3) is 0.417. The first-order valence-corrected chi connectivity index (χ1v) is 5.43. The van der Waals surface area contributed by atoms with Crippen LogP contribution in [0, 0.1) is 12.3 Å². The number of aryl methyl sites for hydroxylation is 1. The molecule has 1 aromatic carbocycles. The van der Waals surface area contributed by atoms with Gasteiger partial charge in [-0.1, -0.05) is 17.7 Å². The summed E-state index contributed by atoms with van der Waals surface area (Å²) in [4.78, 5) is 11.8. The number of rotatable bonds is 3. The standard InChI is InChI=1S/C12H16ClNO/c1-9-4-6-10(7-5-9)14-11(15)12(2,3)8-13/h4-7H,8H2,1-3H3,(H,14,15). The molecule has 0 aromatic heterocycles. The largest absolute Gasteiger partial charge is 0.326 e. The Hall–Kier alpha value is -1.02. The van der Waals surface area contributed by atoms with Crippen molar-refractivity contribution < 1.29 is 4.79 Å². The predicted molar refractivity (Wildman–Crippen MR) is 64.3 cm³/mol. The number of carbonyl (C=O) groups is 1. The van der Waals surface area contributed by atoms with Crippen LogP contribution in [0.2, 0.25) is 0 Å². The van der Waals surface area contributed by atoms with Gasteiger partial charge in [-0.2, -0.15) is 0 Å². The topological polar surface area (TPSA) is 29.1 Å². The van der Waals surface area contributed by atoms with E-state index in [9.17, 15) is 4.79 Å². The van der Waals surface area contributed by atoms with Gasteiger partial charge in [-0.25, -0.2) is 0 Å². The van der Waals surface area contributed by atoms with E-state index in [1.54, 1.807) is 0 Å². The lowest BCUT2D eigenvalue weighted by molar-refractivity contribution is -0.122. The maximum Gasteiger partial charge on any atom is 0.231 e. The molecule has 1 N–H and O–H groups in total. The number of halogens is 1. The summed E-state index contributed by atoms with van der Waals surface area (Å²) >= 11 is 5.72. The van der Waals surface area contributed by atoms with Crippen molar-refractivity contribution in [3.63, 3.8) is 0 Å². The van der Waals surface area contributed by atoms with Crippen LogP contribution >= 0.6 is 11.6 Å². The smallest absolute Gasteiger partial charge is 0.231 e. The highest BCUT2D eigenvalue weighted by molar-refractivity contribution is 6.20. The van der Waals surface area contributed by atoms with Gasteiger partial charge in [0.1, 0.15) is 0 Å². The fourth-order valence-corrected chi connectivity index (χ4v) is 1.12. The zero-order valence-corrected chi connectivity index (χ0v) is 10.1. The molecule has 0 aliphatic carbocycles. The van der Waals surface area contributed by atoms with Gasteiger partial charge >= 0.3 is 0 Å². The minimum absolute atomic E-state index is 0.0543. The molecule has 0 fully saturated rings. The summed E-state index contributed by atoms with van der Waals surface area (Å²) in [5, 5.41) is 2.84. The van der Waals surface area contributed by atoms with Crippen LogP contribution in [0.5, 0.6) is 0 Å². The summed E-state index contributed by atoms with van der Waals surface area (Å²) in [6.07, 6.45) is 0. The van der Waals surface area contributed by atoms with Crippen LogP contribution in [0.1, 0.15) is 19.4 Å². The maximum atomic E-state index is 11.8. The van der Waals surface area contributed by atoms with E-state index >= 15 is 0 Å². The van der Waals surface area contributed by atoms with Crippen molar-refractivity contribution in [2.45, 2.75) is 20.8 Å². The average Bonchev–Trinajstić information content (AvgIpc) is 2.21. The normalized spacial score (nSPS) is 11.2. The highest BCUT2D eigenvalue weighted by Crippen LogP contribution is 2.20. The molecule has 0 unspecified atom stereocenters. The molecule has 0 atom stereocenters. The molecular formula is C12H16ClNO. The van der Waals surface area contributed by atoms with E-state index in [4.69, 9.17) is 11.6 Å². The fourth-order valence-electron chi connectivity index (χ4n) is 0.998. The van der Waals surface area contributed by atoms with Crippen molar-refractivity contribution >= 4 is 23.2 Å². The number of hydrogen-bond donors (Lipinski definition) is 1. The average molecular weight is 226 g/mol. The number of benzene rings is 1. The van der Waals surface area contributed by atoms with Crippen LogP contribution in [-0.4, -0.2) is 11.8 Å². The first-order valence-electron chi connectivity index (χ1n) is 4.90. The third kappa shape index (κ3) is 3.24. The van der Waals surface area contributed by atoms with E-state index in [-0.39, 0.29) is 5.91 Å². The van der Waals surface area contributed by atoms with E-state index in [1.165, 1.54) is 5.56 Å². The van der Waals surface area contributed by atoms with E-state index in [2.05, 4.69) is 5.32 Å². The molecule has 0 spiro atoms. The number of amides is 1. The van der Waals surface area contributed by atoms with Gasteiger partial charge < -0.3 is 5.32 Å². The Balaban J connectivity index is 2.71. The number of carbonyl (C=O) groups excluding carboxylic acids is 1. The van der Waals surface area contributed by atoms with Gasteiger partial charge in [-0.15, -0.1) is 11.6 Å². The summed E-state index contributed by atoms with van der Waals surface area (Å²) < 4.78 is 0. The van der Waals surface area contributed by atoms with Crippen LogP contribution in [0.3, 0.4) is 0 Å². The molecule has 0 saturated heterocycles. The first kappa shape index (κ1) is 12.1. The zero-order chi connectivity index (χ0) is 11.5. The zero-order valence-electron chi connectivity index (χ0n) is 9.30. The highest BCUT2D eigenvalue weighted by Gasteiger charge is 2.26. The Morgan fingerprint density at radius 2 is 1.87 bits per heavy atom. The van der Waals surface area contributed by atoms with Crippen molar-refractivity contribution in [2.75, 3.05) is 11.2 Å².